The van der Waals surface area contributed by atoms with Gasteiger partial charge in [0, 0.05) is 0 Å². The van der Waals surface area contributed by atoms with E-state index in [-0.39, 0.29) is 24.8 Å². The minimum absolute atomic E-state index is 0. The van der Waals surface area contributed by atoms with Crippen molar-refractivity contribution in [3.05, 3.63) is 160 Å². The van der Waals surface area contributed by atoms with Gasteiger partial charge in [0.15, 0.2) is 0 Å². The van der Waals surface area contributed by atoms with Crippen LogP contribution in [0.2, 0.25) is 0 Å². The largest absolute Gasteiger partial charge is 1.00 e. The molecule has 38 heavy (non-hydrogen) atoms. The van der Waals surface area contributed by atoms with Gasteiger partial charge in [-0.2, -0.15) is 42.0 Å². The molecule has 0 N–H and O–H groups in total. The predicted octanol–water partition coefficient (Wildman–Crippen LogP) is 2.51. The third-order valence-electron chi connectivity index (χ3n) is 6.26. The summed E-state index contributed by atoms with van der Waals surface area (Å²) in [7, 11) is 0. The third kappa shape index (κ3) is 8.54. The van der Waals surface area contributed by atoms with Gasteiger partial charge in [-0.3, -0.25) is 0 Å². The van der Waals surface area contributed by atoms with Gasteiger partial charge in [-0.15, -0.1) is 11.1 Å². The van der Waals surface area contributed by atoms with Crippen molar-refractivity contribution >= 4 is 3.21 Å². The molecule has 6 rings (SSSR count). The summed E-state index contributed by atoms with van der Waals surface area (Å²) >= 11 is 1.47. The van der Waals surface area contributed by atoms with E-state index >= 15 is 0 Å². The fourth-order valence-corrected chi connectivity index (χ4v) is 5.22. The molecule has 5 aromatic carbocycles. The van der Waals surface area contributed by atoms with Crippen LogP contribution < -0.4 is 24.8 Å². The van der Waals surface area contributed by atoms with E-state index in [1.54, 1.807) is 0 Å². The van der Waals surface area contributed by atoms with Gasteiger partial charge in [-0.05, 0) is 18.9 Å². The van der Waals surface area contributed by atoms with Crippen LogP contribution in [0.3, 0.4) is 0 Å². The number of fused-ring (bicyclic) bond motifs is 3. The average Bonchev–Trinajstić information content (AvgIpc) is 3.55. The maximum absolute atomic E-state index is 3.45. The molecule has 0 spiro atoms. The van der Waals surface area contributed by atoms with Crippen molar-refractivity contribution in [2.45, 2.75) is 34.1 Å². The van der Waals surface area contributed by atoms with Gasteiger partial charge < -0.3 is 24.8 Å². The molecule has 0 unspecified atom stereocenters. The first-order valence-electron chi connectivity index (χ1n) is 12.4. The standard InChI is InChI=1S/C15H13.C15H14.C5H5.2ClH.Zr/c1-10-3-5-14-12(7-10)9-13-8-11(2)4-6-15(13)14;1-12-5-3-7-14(9-12)11-15-8-4-6-13(2)10-15;1-2-4-5-3-1;;;/h3-7H,9H2,1-2H3;3-10H,1-2H3;1-5H;2*1H;/q-1;;-1;;;+2/p-2. The average molecular weight is 615 g/mol. The molecule has 192 valence electrons. The Bertz CT molecular complexity index is 1350. The van der Waals surface area contributed by atoms with Gasteiger partial charge in [0.05, 0.1) is 0 Å². The first kappa shape index (κ1) is 31.8. The third-order valence-corrected chi connectivity index (χ3v) is 7.68. The summed E-state index contributed by atoms with van der Waals surface area (Å²) in [6.07, 6.45) is 1.05. The molecule has 0 saturated carbocycles. The molecule has 1 aliphatic rings. The molecule has 0 amide bonds. The summed E-state index contributed by atoms with van der Waals surface area (Å²) in [6.45, 7) is 8.54. The van der Waals surface area contributed by atoms with Gasteiger partial charge in [0.2, 0.25) is 0 Å². The summed E-state index contributed by atoms with van der Waals surface area (Å²) in [5, 5.41) is 0. The van der Waals surface area contributed by atoms with E-state index in [4.69, 9.17) is 0 Å². The Labute approximate surface area is 255 Å². The minimum Gasteiger partial charge on any atom is -1.00 e. The van der Waals surface area contributed by atoms with Crippen LogP contribution in [-0.4, -0.2) is 3.21 Å². The van der Waals surface area contributed by atoms with Crippen LogP contribution in [0.1, 0.15) is 44.5 Å². The second-order valence-electron chi connectivity index (χ2n) is 9.45. The number of benzene rings is 4. The maximum atomic E-state index is 3.45. The van der Waals surface area contributed by atoms with Crippen LogP contribution in [0.25, 0.3) is 11.1 Å². The van der Waals surface area contributed by atoms with Gasteiger partial charge in [0.25, 0.3) is 0 Å². The first-order valence-corrected chi connectivity index (χ1v) is 13.6. The number of hydrogen-bond donors (Lipinski definition) is 0. The molecule has 0 atom stereocenters. The van der Waals surface area contributed by atoms with E-state index in [9.17, 15) is 0 Å². The van der Waals surface area contributed by atoms with Crippen molar-refractivity contribution in [1.82, 2.24) is 0 Å². The molecule has 0 heterocycles. The summed E-state index contributed by atoms with van der Waals surface area (Å²) in [4.78, 5) is 0. The van der Waals surface area contributed by atoms with Crippen LogP contribution in [0.5, 0.6) is 0 Å². The fraction of sp³-hybridized carbons (Fsp3) is 0.143. The number of rotatable bonds is 2. The quantitative estimate of drug-likeness (QED) is 0.263. The van der Waals surface area contributed by atoms with Crippen molar-refractivity contribution in [3.8, 4) is 11.1 Å². The monoisotopic (exact) mass is 612 g/mol. The SMILES string of the molecule is Cc1[c-]c2c(cc1)-c1ccc(C)cc1C2.Cc1cccc([C](=[Zr+2])c2cccc(C)c2)c1.[Cl-].[Cl-].c1cc[cH-]c1. The van der Waals surface area contributed by atoms with E-state index in [1.807, 2.05) is 30.3 Å². The van der Waals surface area contributed by atoms with E-state index < -0.39 is 0 Å². The van der Waals surface area contributed by atoms with Crippen molar-refractivity contribution in [3.63, 3.8) is 0 Å². The maximum Gasteiger partial charge on any atom is -0.172 e. The molecule has 0 saturated heterocycles. The smallest absolute Gasteiger partial charge is 0.172 e. The zero-order valence-corrected chi connectivity index (χ0v) is 26.3. The Morgan fingerprint density at radius 1 is 0.658 bits per heavy atom. The van der Waals surface area contributed by atoms with Crippen molar-refractivity contribution < 1.29 is 49.0 Å². The van der Waals surface area contributed by atoms with Gasteiger partial charge in [-0.1, -0.05) is 36.2 Å². The summed E-state index contributed by atoms with van der Waals surface area (Å²) in [5.74, 6) is 0. The predicted molar refractivity (Wildman–Crippen MR) is 151 cm³/mol. The molecule has 0 bridgehead atoms. The summed E-state index contributed by atoms with van der Waals surface area (Å²) < 4.78 is 1.43. The van der Waals surface area contributed by atoms with Crippen LogP contribution in [0, 0.1) is 33.8 Å². The van der Waals surface area contributed by atoms with Crippen LogP contribution in [0.4, 0.5) is 0 Å². The summed E-state index contributed by atoms with van der Waals surface area (Å²) in [6, 6.07) is 42.0. The minimum atomic E-state index is 0. The zero-order chi connectivity index (χ0) is 25.5. The Hall–Kier alpha value is -2.44. The van der Waals surface area contributed by atoms with E-state index in [0.29, 0.717) is 0 Å². The van der Waals surface area contributed by atoms with Crippen molar-refractivity contribution in [2.24, 2.45) is 0 Å². The van der Waals surface area contributed by atoms with Crippen molar-refractivity contribution in [1.29, 1.82) is 0 Å². The normalized spacial score (nSPS) is 10.3. The molecule has 1 aliphatic carbocycles. The molecular formula is C35H32Cl2Zr-2. The zero-order valence-electron chi connectivity index (χ0n) is 22.4. The molecule has 0 radical (unpaired) electrons. The Morgan fingerprint density at radius 3 is 1.74 bits per heavy atom. The summed E-state index contributed by atoms with van der Waals surface area (Å²) in [5.41, 5.74) is 13.5. The topological polar surface area (TPSA) is 0 Å². The Balaban J connectivity index is 0.000000216. The molecular weight excluding hydrogens is 583 g/mol. The van der Waals surface area contributed by atoms with Gasteiger partial charge in [0.1, 0.15) is 0 Å². The fourth-order valence-electron chi connectivity index (χ4n) is 4.46. The first-order chi connectivity index (χ1) is 17.4. The number of hydrogen-bond acceptors (Lipinski definition) is 0. The van der Waals surface area contributed by atoms with Crippen LogP contribution >= 0.6 is 0 Å². The Kier molecular flexibility index (Phi) is 12.7. The molecule has 0 fully saturated rings. The Morgan fingerprint density at radius 2 is 1.21 bits per heavy atom. The molecule has 0 aliphatic heterocycles. The second-order valence-corrected chi connectivity index (χ2v) is 10.7. The van der Waals surface area contributed by atoms with E-state index in [2.05, 4.69) is 113 Å². The van der Waals surface area contributed by atoms with Crippen LogP contribution in [-0.2, 0) is 30.7 Å². The van der Waals surface area contributed by atoms with Crippen molar-refractivity contribution in [2.75, 3.05) is 0 Å². The van der Waals surface area contributed by atoms with Crippen LogP contribution in [0.15, 0.2) is 109 Å². The van der Waals surface area contributed by atoms with E-state index in [1.165, 1.54) is 83.1 Å². The molecule has 5 aromatic rings. The molecule has 0 aromatic heterocycles. The number of halogens is 2. The van der Waals surface area contributed by atoms with Gasteiger partial charge >= 0.3 is 112 Å². The second kappa shape index (κ2) is 15.2. The number of aryl methyl sites for hydroxylation is 4. The van der Waals surface area contributed by atoms with Gasteiger partial charge in [-0.25, -0.2) is 12.1 Å². The van der Waals surface area contributed by atoms with E-state index in [0.717, 1.165) is 6.42 Å². The molecule has 0 nitrogen and oxygen atoms in total. The molecule has 3 heteroatoms.